The van der Waals surface area contributed by atoms with Gasteiger partial charge in [0.25, 0.3) is 0 Å². The van der Waals surface area contributed by atoms with E-state index < -0.39 is 0 Å². The second kappa shape index (κ2) is 4.40. The Morgan fingerprint density at radius 2 is 1.75 bits per heavy atom. The molecule has 1 saturated carbocycles. The molecule has 0 amide bonds. The molecule has 1 heteroatoms. The van der Waals surface area contributed by atoms with E-state index in [0.717, 1.165) is 24.3 Å². The highest BCUT2D eigenvalue weighted by molar-refractivity contribution is 6.00. The Balaban J connectivity index is 2.16. The lowest BCUT2D eigenvalue weighted by atomic mass is 9.68. The first-order valence-corrected chi connectivity index (χ1v) is 6.22. The van der Waals surface area contributed by atoms with Crippen molar-refractivity contribution >= 4 is 5.78 Å². The van der Waals surface area contributed by atoms with Gasteiger partial charge in [-0.1, -0.05) is 44.2 Å². The van der Waals surface area contributed by atoms with Crippen molar-refractivity contribution in [2.24, 2.45) is 11.3 Å². The Morgan fingerprint density at radius 3 is 2.31 bits per heavy atom. The summed E-state index contributed by atoms with van der Waals surface area (Å²) in [6.45, 7) is 4.42. The molecular formula is C15H20O. The fraction of sp³-hybridized carbons (Fsp3) is 0.533. The molecule has 16 heavy (non-hydrogen) atoms. The van der Waals surface area contributed by atoms with Crippen LogP contribution >= 0.6 is 0 Å². The molecule has 0 heterocycles. The number of Topliss-reactive ketones (excluding diaryl/α,β-unsaturated/α-hetero) is 1. The van der Waals surface area contributed by atoms with Crippen molar-refractivity contribution in [3.8, 4) is 0 Å². The van der Waals surface area contributed by atoms with E-state index in [4.69, 9.17) is 0 Å². The highest BCUT2D eigenvalue weighted by Crippen LogP contribution is 2.40. The molecule has 0 bridgehead atoms. The first-order chi connectivity index (χ1) is 7.62. The summed E-state index contributed by atoms with van der Waals surface area (Å²) >= 11 is 0. The zero-order valence-corrected chi connectivity index (χ0v) is 10.2. The third-order valence-electron chi connectivity index (χ3n) is 3.96. The van der Waals surface area contributed by atoms with E-state index in [1.165, 1.54) is 12.8 Å². The fourth-order valence-electron chi connectivity index (χ4n) is 2.56. The SMILES string of the molecule is CC1CCC(C)(C(=O)c2ccccc2)CC1. The molecule has 0 aliphatic heterocycles. The highest BCUT2D eigenvalue weighted by atomic mass is 16.1. The standard InChI is InChI=1S/C15H20O/c1-12-8-10-15(2,11-9-12)14(16)13-6-4-3-5-7-13/h3-7,12H,8-11H2,1-2H3. The van der Waals surface area contributed by atoms with Crippen molar-refractivity contribution in [3.63, 3.8) is 0 Å². The Labute approximate surface area is 97.9 Å². The van der Waals surface area contributed by atoms with Crippen molar-refractivity contribution in [3.05, 3.63) is 35.9 Å². The maximum atomic E-state index is 12.4. The average molecular weight is 216 g/mol. The van der Waals surface area contributed by atoms with Gasteiger partial charge in [0.05, 0.1) is 0 Å². The van der Waals surface area contributed by atoms with Gasteiger partial charge < -0.3 is 0 Å². The van der Waals surface area contributed by atoms with Crippen LogP contribution in [0.4, 0.5) is 0 Å². The van der Waals surface area contributed by atoms with Crippen LogP contribution in [0, 0.1) is 11.3 Å². The number of carbonyl (C=O) groups excluding carboxylic acids is 1. The van der Waals surface area contributed by atoms with Gasteiger partial charge in [0.2, 0.25) is 0 Å². The highest BCUT2D eigenvalue weighted by Gasteiger charge is 2.36. The zero-order chi connectivity index (χ0) is 11.6. The monoisotopic (exact) mass is 216 g/mol. The lowest BCUT2D eigenvalue weighted by Gasteiger charge is -2.35. The fourth-order valence-corrected chi connectivity index (χ4v) is 2.56. The molecule has 0 atom stereocenters. The minimum atomic E-state index is -0.117. The van der Waals surface area contributed by atoms with Crippen LogP contribution in [0.1, 0.15) is 49.9 Å². The van der Waals surface area contributed by atoms with Gasteiger partial charge in [-0.3, -0.25) is 4.79 Å². The van der Waals surface area contributed by atoms with Gasteiger partial charge in [0.15, 0.2) is 5.78 Å². The van der Waals surface area contributed by atoms with Crippen LogP contribution in [0.5, 0.6) is 0 Å². The van der Waals surface area contributed by atoms with Gasteiger partial charge >= 0.3 is 0 Å². The molecule has 1 aliphatic carbocycles. The maximum absolute atomic E-state index is 12.4. The molecule has 2 rings (SSSR count). The van der Waals surface area contributed by atoms with Crippen LogP contribution in [0.15, 0.2) is 30.3 Å². The number of hydrogen-bond donors (Lipinski definition) is 0. The quantitative estimate of drug-likeness (QED) is 0.681. The van der Waals surface area contributed by atoms with Gasteiger partial charge in [0.1, 0.15) is 0 Å². The van der Waals surface area contributed by atoms with Gasteiger partial charge in [-0.05, 0) is 31.6 Å². The Morgan fingerprint density at radius 1 is 1.19 bits per heavy atom. The van der Waals surface area contributed by atoms with Crippen molar-refractivity contribution in [2.75, 3.05) is 0 Å². The van der Waals surface area contributed by atoms with E-state index in [-0.39, 0.29) is 5.41 Å². The van der Waals surface area contributed by atoms with Crippen LogP contribution in [-0.4, -0.2) is 5.78 Å². The van der Waals surface area contributed by atoms with Crippen molar-refractivity contribution < 1.29 is 4.79 Å². The topological polar surface area (TPSA) is 17.1 Å². The second-order valence-electron chi connectivity index (χ2n) is 5.44. The second-order valence-corrected chi connectivity index (χ2v) is 5.44. The summed E-state index contributed by atoms with van der Waals surface area (Å²) in [6.07, 6.45) is 4.47. The van der Waals surface area contributed by atoms with E-state index in [0.29, 0.717) is 5.78 Å². The van der Waals surface area contributed by atoms with Gasteiger partial charge in [-0.15, -0.1) is 0 Å². The molecule has 0 spiro atoms. The smallest absolute Gasteiger partial charge is 0.168 e. The number of hydrogen-bond acceptors (Lipinski definition) is 1. The predicted octanol–water partition coefficient (Wildman–Crippen LogP) is 4.09. The molecular weight excluding hydrogens is 196 g/mol. The van der Waals surface area contributed by atoms with Crippen LogP contribution in [-0.2, 0) is 0 Å². The number of carbonyl (C=O) groups is 1. The molecule has 1 aromatic carbocycles. The Bertz CT molecular complexity index is 358. The Kier molecular flexibility index (Phi) is 3.13. The normalized spacial score (nSPS) is 30.0. The Hall–Kier alpha value is -1.11. The molecule has 0 saturated heterocycles. The number of rotatable bonds is 2. The summed E-state index contributed by atoms with van der Waals surface area (Å²) in [5, 5.41) is 0. The molecule has 1 aliphatic rings. The average Bonchev–Trinajstić information content (AvgIpc) is 2.33. The summed E-state index contributed by atoms with van der Waals surface area (Å²) in [6, 6.07) is 9.73. The molecule has 0 unspecified atom stereocenters. The molecule has 0 N–H and O–H groups in total. The molecule has 1 fully saturated rings. The summed E-state index contributed by atoms with van der Waals surface area (Å²) in [4.78, 5) is 12.4. The van der Waals surface area contributed by atoms with Crippen LogP contribution in [0.3, 0.4) is 0 Å². The van der Waals surface area contributed by atoms with Crippen molar-refractivity contribution in [2.45, 2.75) is 39.5 Å². The first-order valence-electron chi connectivity index (χ1n) is 6.22. The summed E-state index contributed by atoms with van der Waals surface area (Å²) < 4.78 is 0. The van der Waals surface area contributed by atoms with Gasteiger partial charge in [0, 0.05) is 11.0 Å². The minimum Gasteiger partial charge on any atom is -0.294 e. The van der Waals surface area contributed by atoms with Crippen LogP contribution in [0.2, 0.25) is 0 Å². The molecule has 86 valence electrons. The van der Waals surface area contributed by atoms with Crippen molar-refractivity contribution in [1.82, 2.24) is 0 Å². The summed E-state index contributed by atoms with van der Waals surface area (Å²) in [7, 11) is 0. The third-order valence-corrected chi connectivity index (χ3v) is 3.96. The van der Waals surface area contributed by atoms with Crippen LogP contribution < -0.4 is 0 Å². The molecule has 0 radical (unpaired) electrons. The zero-order valence-electron chi connectivity index (χ0n) is 10.2. The van der Waals surface area contributed by atoms with Crippen LogP contribution in [0.25, 0.3) is 0 Å². The number of ketones is 1. The summed E-state index contributed by atoms with van der Waals surface area (Å²) in [5.74, 6) is 1.12. The van der Waals surface area contributed by atoms with E-state index in [2.05, 4.69) is 13.8 Å². The molecule has 0 aromatic heterocycles. The molecule has 1 nitrogen and oxygen atoms in total. The van der Waals surface area contributed by atoms with E-state index in [1.807, 2.05) is 30.3 Å². The third kappa shape index (κ3) is 2.18. The lowest BCUT2D eigenvalue weighted by molar-refractivity contribution is 0.0718. The summed E-state index contributed by atoms with van der Waals surface area (Å²) in [5.41, 5.74) is 0.757. The van der Waals surface area contributed by atoms with E-state index in [9.17, 15) is 4.79 Å². The van der Waals surface area contributed by atoms with Gasteiger partial charge in [-0.2, -0.15) is 0 Å². The van der Waals surface area contributed by atoms with E-state index >= 15 is 0 Å². The largest absolute Gasteiger partial charge is 0.294 e. The maximum Gasteiger partial charge on any atom is 0.168 e. The minimum absolute atomic E-state index is 0.117. The van der Waals surface area contributed by atoms with Crippen molar-refractivity contribution in [1.29, 1.82) is 0 Å². The number of benzene rings is 1. The first kappa shape index (κ1) is 11.4. The predicted molar refractivity (Wildman–Crippen MR) is 66.5 cm³/mol. The van der Waals surface area contributed by atoms with Gasteiger partial charge in [-0.25, -0.2) is 0 Å². The van der Waals surface area contributed by atoms with E-state index in [1.54, 1.807) is 0 Å². The lowest BCUT2D eigenvalue weighted by Crippen LogP contribution is -2.32. The molecule has 1 aromatic rings.